The van der Waals surface area contributed by atoms with E-state index in [-0.39, 0.29) is 11.8 Å². The van der Waals surface area contributed by atoms with E-state index in [1.54, 1.807) is 62.6 Å². The minimum absolute atomic E-state index is 0.0870. The number of tetrazole rings is 1. The Hall–Kier alpha value is -3.55. The third kappa shape index (κ3) is 3.69. The number of anilines is 1. The number of benzene rings is 2. The molecule has 1 aromatic heterocycles. The topological polar surface area (TPSA) is 93.0 Å². The fraction of sp³-hybridized carbons (Fsp3) is 0.118. The molecule has 0 bridgehead atoms. The molecular formula is C17H16N6O2. The molecule has 8 heteroatoms. The molecular weight excluding hydrogens is 320 g/mol. The summed E-state index contributed by atoms with van der Waals surface area (Å²) in [5, 5.41) is 13.7. The van der Waals surface area contributed by atoms with E-state index >= 15 is 0 Å². The van der Waals surface area contributed by atoms with Gasteiger partial charge in [-0.1, -0.05) is 0 Å². The van der Waals surface area contributed by atoms with E-state index in [0.29, 0.717) is 16.8 Å². The first-order chi connectivity index (χ1) is 12.0. The maximum absolute atomic E-state index is 12.3. The molecule has 0 aliphatic rings. The zero-order chi connectivity index (χ0) is 17.8. The average Bonchev–Trinajstić information content (AvgIpc) is 3.16. The summed E-state index contributed by atoms with van der Waals surface area (Å²) >= 11 is 0. The summed E-state index contributed by atoms with van der Waals surface area (Å²) in [5.74, 6) is -0.328. The molecule has 1 heterocycles. The molecule has 2 amide bonds. The molecule has 0 saturated carbocycles. The van der Waals surface area contributed by atoms with E-state index in [4.69, 9.17) is 0 Å². The van der Waals surface area contributed by atoms with Gasteiger partial charge in [-0.2, -0.15) is 0 Å². The highest BCUT2D eigenvalue weighted by Gasteiger charge is 2.10. The minimum atomic E-state index is -0.241. The van der Waals surface area contributed by atoms with Crippen molar-refractivity contribution in [1.82, 2.24) is 25.1 Å². The van der Waals surface area contributed by atoms with Gasteiger partial charge in [0.1, 0.15) is 6.33 Å². The predicted molar refractivity (Wildman–Crippen MR) is 91.6 cm³/mol. The number of rotatable bonds is 4. The van der Waals surface area contributed by atoms with Gasteiger partial charge in [-0.3, -0.25) is 9.59 Å². The number of carbonyl (C=O) groups is 2. The summed E-state index contributed by atoms with van der Waals surface area (Å²) in [6, 6.07) is 13.6. The standard InChI is InChI=1S/C17H16N6O2/c1-22(2)17(25)13-3-7-14(8-4-13)19-16(24)12-5-9-15(10-6-12)23-11-18-20-21-23/h3-11H,1-2H3,(H,19,24). The quantitative estimate of drug-likeness (QED) is 0.781. The molecule has 3 rings (SSSR count). The van der Waals surface area contributed by atoms with Gasteiger partial charge >= 0.3 is 0 Å². The van der Waals surface area contributed by atoms with Crippen molar-refractivity contribution >= 4 is 17.5 Å². The number of hydrogen-bond acceptors (Lipinski definition) is 5. The van der Waals surface area contributed by atoms with Crippen LogP contribution in [0.4, 0.5) is 5.69 Å². The SMILES string of the molecule is CN(C)C(=O)c1ccc(NC(=O)c2ccc(-n3cnnn3)cc2)cc1. The van der Waals surface area contributed by atoms with Crippen molar-refractivity contribution in [1.29, 1.82) is 0 Å². The van der Waals surface area contributed by atoms with Crippen LogP contribution in [0.2, 0.25) is 0 Å². The molecule has 0 fully saturated rings. The normalized spacial score (nSPS) is 10.3. The predicted octanol–water partition coefficient (Wildman–Crippen LogP) is 1.62. The summed E-state index contributed by atoms with van der Waals surface area (Å²) in [7, 11) is 3.38. The van der Waals surface area contributed by atoms with Gasteiger partial charge in [0.05, 0.1) is 5.69 Å². The third-order valence-electron chi connectivity index (χ3n) is 3.54. The van der Waals surface area contributed by atoms with Gasteiger partial charge in [0.15, 0.2) is 0 Å². The molecule has 0 spiro atoms. The van der Waals surface area contributed by atoms with Crippen LogP contribution in [0.15, 0.2) is 54.9 Å². The first kappa shape index (κ1) is 16.3. The lowest BCUT2D eigenvalue weighted by Gasteiger charge is -2.11. The fourth-order valence-electron chi connectivity index (χ4n) is 2.20. The Kier molecular flexibility index (Phi) is 4.51. The molecule has 2 aromatic carbocycles. The van der Waals surface area contributed by atoms with Crippen LogP contribution in [0, 0.1) is 0 Å². The first-order valence-corrected chi connectivity index (χ1v) is 7.51. The Morgan fingerprint density at radius 3 is 2.16 bits per heavy atom. The van der Waals surface area contributed by atoms with Crippen molar-refractivity contribution in [2.75, 3.05) is 19.4 Å². The highest BCUT2D eigenvalue weighted by atomic mass is 16.2. The van der Waals surface area contributed by atoms with Crippen LogP contribution < -0.4 is 5.32 Å². The lowest BCUT2D eigenvalue weighted by Crippen LogP contribution is -2.21. The monoisotopic (exact) mass is 336 g/mol. The number of aromatic nitrogens is 4. The lowest BCUT2D eigenvalue weighted by molar-refractivity contribution is 0.0827. The molecule has 0 aliphatic carbocycles. The van der Waals surface area contributed by atoms with E-state index in [2.05, 4.69) is 20.8 Å². The van der Waals surface area contributed by atoms with E-state index in [1.807, 2.05) is 0 Å². The van der Waals surface area contributed by atoms with Gasteiger partial charge in [-0.15, -0.1) is 5.10 Å². The zero-order valence-electron chi connectivity index (χ0n) is 13.7. The minimum Gasteiger partial charge on any atom is -0.345 e. The van der Waals surface area contributed by atoms with Gasteiger partial charge in [-0.25, -0.2) is 4.68 Å². The Bertz CT molecular complexity index is 871. The Morgan fingerprint density at radius 2 is 1.60 bits per heavy atom. The third-order valence-corrected chi connectivity index (χ3v) is 3.54. The second-order valence-electron chi connectivity index (χ2n) is 5.53. The summed E-state index contributed by atoms with van der Waals surface area (Å²) < 4.78 is 1.50. The zero-order valence-corrected chi connectivity index (χ0v) is 13.7. The number of nitrogens with zero attached hydrogens (tertiary/aromatic N) is 5. The lowest BCUT2D eigenvalue weighted by atomic mass is 10.1. The molecule has 0 saturated heterocycles. The second kappa shape index (κ2) is 6.91. The van der Waals surface area contributed by atoms with Gasteiger partial charge in [0.25, 0.3) is 11.8 Å². The number of amides is 2. The van der Waals surface area contributed by atoms with E-state index in [0.717, 1.165) is 5.69 Å². The van der Waals surface area contributed by atoms with Crippen LogP contribution in [0.3, 0.4) is 0 Å². The smallest absolute Gasteiger partial charge is 0.255 e. The Labute approximate surface area is 144 Å². The highest BCUT2D eigenvalue weighted by Crippen LogP contribution is 2.14. The van der Waals surface area contributed by atoms with Crippen LogP contribution in [0.1, 0.15) is 20.7 Å². The van der Waals surface area contributed by atoms with Crippen molar-refractivity contribution in [3.63, 3.8) is 0 Å². The largest absolute Gasteiger partial charge is 0.345 e. The van der Waals surface area contributed by atoms with Gasteiger partial charge in [0.2, 0.25) is 0 Å². The Balaban J connectivity index is 1.69. The number of hydrogen-bond donors (Lipinski definition) is 1. The molecule has 126 valence electrons. The maximum atomic E-state index is 12.3. The van der Waals surface area contributed by atoms with Crippen molar-refractivity contribution in [3.8, 4) is 5.69 Å². The fourth-order valence-corrected chi connectivity index (χ4v) is 2.20. The van der Waals surface area contributed by atoms with Gasteiger partial charge in [-0.05, 0) is 59.0 Å². The first-order valence-electron chi connectivity index (χ1n) is 7.51. The van der Waals surface area contributed by atoms with Crippen LogP contribution in [-0.4, -0.2) is 51.0 Å². The van der Waals surface area contributed by atoms with Crippen molar-refractivity contribution in [2.24, 2.45) is 0 Å². The maximum Gasteiger partial charge on any atom is 0.255 e. The van der Waals surface area contributed by atoms with Crippen LogP contribution >= 0.6 is 0 Å². The molecule has 0 aliphatic heterocycles. The molecule has 8 nitrogen and oxygen atoms in total. The van der Waals surface area contributed by atoms with Crippen molar-refractivity contribution < 1.29 is 9.59 Å². The van der Waals surface area contributed by atoms with Crippen LogP contribution in [0.25, 0.3) is 5.69 Å². The molecule has 3 aromatic rings. The highest BCUT2D eigenvalue weighted by molar-refractivity contribution is 6.04. The van der Waals surface area contributed by atoms with Gasteiger partial charge < -0.3 is 10.2 Å². The van der Waals surface area contributed by atoms with Crippen LogP contribution in [-0.2, 0) is 0 Å². The number of carbonyl (C=O) groups excluding carboxylic acids is 2. The van der Waals surface area contributed by atoms with Crippen molar-refractivity contribution in [2.45, 2.75) is 0 Å². The molecule has 0 atom stereocenters. The molecule has 25 heavy (non-hydrogen) atoms. The summed E-state index contributed by atoms with van der Waals surface area (Å²) in [6.07, 6.45) is 1.48. The van der Waals surface area contributed by atoms with E-state index in [9.17, 15) is 9.59 Å². The van der Waals surface area contributed by atoms with Crippen LogP contribution in [0.5, 0.6) is 0 Å². The summed E-state index contributed by atoms with van der Waals surface area (Å²) in [6.45, 7) is 0. The number of nitrogens with one attached hydrogen (secondary N) is 1. The average molecular weight is 336 g/mol. The molecule has 0 unspecified atom stereocenters. The van der Waals surface area contributed by atoms with E-state index < -0.39 is 0 Å². The molecule has 1 N–H and O–H groups in total. The van der Waals surface area contributed by atoms with Crippen molar-refractivity contribution in [3.05, 3.63) is 66.0 Å². The Morgan fingerprint density at radius 1 is 0.960 bits per heavy atom. The van der Waals surface area contributed by atoms with E-state index in [1.165, 1.54) is 15.9 Å². The molecule has 0 radical (unpaired) electrons. The van der Waals surface area contributed by atoms with Gasteiger partial charge in [0, 0.05) is 30.9 Å². The summed E-state index contributed by atoms with van der Waals surface area (Å²) in [5.41, 5.74) is 2.44. The second-order valence-corrected chi connectivity index (χ2v) is 5.53. The summed E-state index contributed by atoms with van der Waals surface area (Å²) in [4.78, 5) is 25.7.